The van der Waals surface area contributed by atoms with E-state index in [0.717, 1.165) is 53.7 Å². The number of hydrogen-bond acceptors (Lipinski definition) is 7. The van der Waals surface area contributed by atoms with Crippen LogP contribution in [0.25, 0.3) is 10.2 Å². The summed E-state index contributed by atoms with van der Waals surface area (Å²) in [6, 6.07) is 10.7. The Morgan fingerprint density at radius 3 is 2.94 bits per heavy atom. The van der Waals surface area contributed by atoms with Gasteiger partial charge in [-0.2, -0.15) is 0 Å². The van der Waals surface area contributed by atoms with Gasteiger partial charge < -0.3 is 5.32 Å². The summed E-state index contributed by atoms with van der Waals surface area (Å²) in [6.45, 7) is 3.23. The molecule has 0 bridgehead atoms. The molecule has 5 rings (SSSR count). The second-order valence-electron chi connectivity index (χ2n) is 8.13. The Bertz CT molecular complexity index is 1240. The van der Waals surface area contributed by atoms with Crippen molar-refractivity contribution in [2.24, 2.45) is 0 Å². The number of hydrogen-bond donors (Lipinski definition) is 1. The molecular formula is C23H25N5O2S. The van der Waals surface area contributed by atoms with Gasteiger partial charge in [-0.15, -0.1) is 11.3 Å². The smallest absolute Gasteiger partial charge is 0.262 e. The molecule has 160 valence electrons. The SMILES string of the molecule is Cc1nonc1CN[C@H]1CCc2c(sc3ncn(CCCc4ccccc4)c(=O)c23)C1. The van der Waals surface area contributed by atoms with Crippen molar-refractivity contribution < 1.29 is 4.63 Å². The van der Waals surface area contributed by atoms with Gasteiger partial charge in [0.15, 0.2) is 0 Å². The molecule has 0 saturated heterocycles. The van der Waals surface area contributed by atoms with Crippen LogP contribution in [-0.2, 0) is 32.4 Å². The molecule has 3 heterocycles. The molecule has 4 aromatic rings. The number of thiophene rings is 1. The van der Waals surface area contributed by atoms with Crippen LogP contribution in [0.15, 0.2) is 46.1 Å². The lowest BCUT2D eigenvalue weighted by atomic mass is 9.93. The Morgan fingerprint density at radius 1 is 1.26 bits per heavy atom. The third-order valence-corrected chi connectivity index (χ3v) is 7.21. The van der Waals surface area contributed by atoms with Crippen molar-refractivity contribution in [2.75, 3.05) is 0 Å². The molecule has 0 fully saturated rings. The van der Waals surface area contributed by atoms with Gasteiger partial charge in [-0.25, -0.2) is 9.61 Å². The van der Waals surface area contributed by atoms with Crippen LogP contribution in [0.1, 0.15) is 40.2 Å². The minimum Gasteiger partial charge on any atom is -0.308 e. The topological polar surface area (TPSA) is 85.8 Å². The molecule has 7 nitrogen and oxygen atoms in total. The molecule has 0 aliphatic heterocycles. The van der Waals surface area contributed by atoms with E-state index in [4.69, 9.17) is 4.63 Å². The van der Waals surface area contributed by atoms with Crippen molar-refractivity contribution in [3.63, 3.8) is 0 Å². The van der Waals surface area contributed by atoms with Crippen molar-refractivity contribution in [3.8, 4) is 0 Å². The zero-order valence-corrected chi connectivity index (χ0v) is 18.3. The fraction of sp³-hybridized carbons (Fsp3) is 0.391. The van der Waals surface area contributed by atoms with Crippen molar-refractivity contribution in [1.29, 1.82) is 0 Å². The van der Waals surface area contributed by atoms with E-state index in [1.807, 2.05) is 13.0 Å². The van der Waals surface area contributed by atoms with Crippen LogP contribution in [0.5, 0.6) is 0 Å². The maximum absolute atomic E-state index is 13.2. The summed E-state index contributed by atoms with van der Waals surface area (Å²) >= 11 is 1.66. The van der Waals surface area contributed by atoms with E-state index >= 15 is 0 Å². The van der Waals surface area contributed by atoms with Gasteiger partial charge in [0.2, 0.25) is 0 Å². The van der Waals surface area contributed by atoms with Gasteiger partial charge in [0, 0.05) is 24.0 Å². The van der Waals surface area contributed by atoms with E-state index in [2.05, 4.69) is 44.9 Å². The highest BCUT2D eigenvalue weighted by molar-refractivity contribution is 7.18. The summed E-state index contributed by atoms with van der Waals surface area (Å²) in [5.74, 6) is 0. The van der Waals surface area contributed by atoms with E-state index in [1.165, 1.54) is 16.0 Å². The van der Waals surface area contributed by atoms with Gasteiger partial charge in [-0.3, -0.25) is 9.36 Å². The van der Waals surface area contributed by atoms with Crippen molar-refractivity contribution in [1.82, 2.24) is 25.2 Å². The maximum Gasteiger partial charge on any atom is 0.262 e. The first-order chi connectivity index (χ1) is 15.2. The largest absolute Gasteiger partial charge is 0.308 e. The van der Waals surface area contributed by atoms with E-state index in [-0.39, 0.29) is 5.56 Å². The number of benzene rings is 1. The summed E-state index contributed by atoms with van der Waals surface area (Å²) in [7, 11) is 0. The Morgan fingerprint density at radius 2 is 2.13 bits per heavy atom. The number of nitrogens with one attached hydrogen (secondary N) is 1. The van der Waals surface area contributed by atoms with Gasteiger partial charge >= 0.3 is 0 Å². The fourth-order valence-electron chi connectivity index (χ4n) is 4.28. The van der Waals surface area contributed by atoms with Gasteiger partial charge in [-0.05, 0) is 50.2 Å². The molecule has 8 heteroatoms. The summed E-state index contributed by atoms with van der Waals surface area (Å²) < 4.78 is 6.56. The number of aryl methyl sites for hydroxylation is 4. The molecule has 0 amide bonds. The van der Waals surface area contributed by atoms with Gasteiger partial charge in [0.25, 0.3) is 5.56 Å². The number of fused-ring (bicyclic) bond motifs is 3. The Kier molecular flexibility index (Phi) is 5.65. The van der Waals surface area contributed by atoms with E-state index in [0.29, 0.717) is 19.1 Å². The summed E-state index contributed by atoms with van der Waals surface area (Å²) in [5, 5.41) is 12.2. The van der Waals surface area contributed by atoms with Gasteiger partial charge in [0.1, 0.15) is 16.2 Å². The van der Waals surface area contributed by atoms with E-state index in [1.54, 1.807) is 22.2 Å². The number of rotatable bonds is 7. The predicted octanol–water partition coefficient (Wildman–Crippen LogP) is 3.43. The van der Waals surface area contributed by atoms with Crippen LogP contribution in [0.3, 0.4) is 0 Å². The van der Waals surface area contributed by atoms with Crippen molar-refractivity contribution >= 4 is 21.6 Å². The maximum atomic E-state index is 13.2. The summed E-state index contributed by atoms with van der Waals surface area (Å²) in [4.78, 5) is 20.0. The molecular weight excluding hydrogens is 410 g/mol. The normalized spacial score (nSPS) is 16.0. The third kappa shape index (κ3) is 4.18. The van der Waals surface area contributed by atoms with E-state index in [9.17, 15) is 4.79 Å². The minimum atomic E-state index is 0.103. The van der Waals surface area contributed by atoms with Gasteiger partial charge in [-0.1, -0.05) is 40.6 Å². The monoisotopic (exact) mass is 435 g/mol. The Balaban J connectivity index is 1.29. The fourth-order valence-corrected chi connectivity index (χ4v) is 5.54. The van der Waals surface area contributed by atoms with Gasteiger partial charge in [0.05, 0.1) is 11.7 Å². The standard InChI is InChI=1S/C23H25N5O2S/c1-15-19(27-30-26-15)13-24-17-9-10-18-20(12-17)31-22-21(18)23(29)28(14-25-22)11-5-8-16-6-3-2-4-7-16/h2-4,6-7,14,17,24H,5,8-13H2,1H3/t17-/m0/s1. The summed E-state index contributed by atoms with van der Waals surface area (Å²) in [5.41, 5.74) is 4.27. The van der Waals surface area contributed by atoms with Crippen LogP contribution in [0.4, 0.5) is 0 Å². The van der Waals surface area contributed by atoms with Crippen molar-refractivity contribution in [3.05, 3.63) is 74.4 Å². The zero-order chi connectivity index (χ0) is 21.2. The van der Waals surface area contributed by atoms with E-state index < -0.39 is 0 Å². The lowest BCUT2D eigenvalue weighted by molar-refractivity contribution is 0.299. The first kappa shape index (κ1) is 20.1. The highest BCUT2D eigenvalue weighted by Crippen LogP contribution is 2.33. The second kappa shape index (κ2) is 8.72. The molecule has 1 aliphatic rings. The van der Waals surface area contributed by atoms with Crippen LogP contribution in [0.2, 0.25) is 0 Å². The zero-order valence-electron chi connectivity index (χ0n) is 17.5. The molecule has 0 radical (unpaired) electrons. The average molecular weight is 436 g/mol. The molecule has 1 aliphatic carbocycles. The minimum absolute atomic E-state index is 0.103. The lowest BCUT2D eigenvalue weighted by Gasteiger charge is -2.23. The molecule has 1 aromatic carbocycles. The van der Waals surface area contributed by atoms with Crippen LogP contribution in [-0.4, -0.2) is 25.9 Å². The molecule has 1 atom stereocenters. The van der Waals surface area contributed by atoms with Crippen molar-refractivity contribution in [2.45, 2.75) is 58.2 Å². The second-order valence-corrected chi connectivity index (χ2v) is 9.22. The first-order valence-electron chi connectivity index (χ1n) is 10.7. The van der Waals surface area contributed by atoms with Crippen LogP contribution < -0.4 is 10.9 Å². The highest BCUT2D eigenvalue weighted by atomic mass is 32.1. The first-order valence-corrected chi connectivity index (χ1v) is 11.6. The quantitative estimate of drug-likeness (QED) is 0.479. The van der Waals surface area contributed by atoms with Crippen LogP contribution in [0, 0.1) is 6.92 Å². The molecule has 0 unspecified atom stereocenters. The Hall–Kier alpha value is -2.84. The number of nitrogens with zero attached hydrogens (tertiary/aromatic N) is 4. The third-order valence-electron chi connectivity index (χ3n) is 6.05. The lowest BCUT2D eigenvalue weighted by Crippen LogP contribution is -2.34. The molecule has 0 saturated carbocycles. The number of aromatic nitrogens is 4. The molecule has 3 aromatic heterocycles. The predicted molar refractivity (Wildman–Crippen MR) is 120 cm³/mol. The summed E-state index contributed by atoms with van der Waals surface area (Å²) in [6.07, 6.45) is 6.40. The average Bonchev–Trinajstić information content (AvgIpc) is 3.37. The Labute approximate surface area is 184 Å². The molecule has 31 heavy (non-hydrogen) atoms. The molecule has 0 spiro atoms. The highest BCUT2D eigenvalue weighted by Gasteiger charge is 2.25. The molecule has 1 N–H and O–H groups in total. The van der Waals surface area contributed by atoms with Crippen LogP contribution >= 0.6 is 11.3 Å².